The highest BCUT2D eigenvalue weighted by atomic mass is 14.9. The highest BCUT2D eigenvalue weighted by Gasteiger charge is 2.11. The zero-order chi connectivity index (χ0) is 10.7. The highest BCUT2D eigenvalue weighted by Crippen LogP contribution is 2.23. The second-order valence-corrected chi connectivity index (χ2v) is 3.93. The van der Waals surface area contributed by atoms with Crippen LogP contribution in [0, 0.1) is 13.8 Å². The van der Waals surface area contributed by atoms with E-state index < -0.39 is 0 Å². The van der Waals surface area contributed by atoms with Gasteiger partial charge in [0.15, 0.2) is 0 Å². The summed E-state index contributed by atoms with van der Waals surface area (Å²) < 4.78 is 0. The first-order valence-electron chi connectivity index (χ1n) is 4.96. The quantitative estimate of drug-likeness (QED) is 0.720. The molecule has 0 aliphatic rings. The minimum Gasteiger partial charge on any atom is -0.310 e. The Morgan fingerprint density at radius 3 is 2.43 bits per heavy atom. The monoisotopic (exact) mass is 189 g/mol. The van der Waals surface area contributed by atoms with E-state index in [1.807, 2.05) is 7.05 Å². The Morgan fingerprint density at radius 2 is 2.00 bits per heavy atom. The maximum Gasteiger partial charge on any atom is 0.0530 e. The molecule has 1 atom stereocenters. The first kappa shape index (κ1) is 11.0. The smallest absolute Gasteiger partial charge is 0.0530 e. The third-order valence-corrected chi connectivity index (χ3v) is 2.52. The number of rotatable bonds is 3. The average Bonchev–Trinajstić information content (AvgIpc) is 2.09. The molecule has 1 N–H and O–H groups in total. The van der Waals surface area contributed by atoms with Gasteiger partial charge in [0.2, 0.25) is 0 Å². The fraction of sp³-hybridized carbons (Fsp3) is 0.385. The highest BCUT2D eigenvalue weighted by molar-refractivity contribution is 5.36. The van der Waals surface area contributed by atoms with Gasteiger partial charge in [-0.15, -0.1) is 0 Å². The average molecular weight is 189 g/mol. The van der Waals surface area contributed by atoms with E-state index in [1.165, 1.54) is 16.7 Å². The first-order chi connectivity index (χ1) is 6.56. The summed E-state index contributed by atoms with van der Waals surface area (Å²) in [5.74, 6) is 0. The molecule has 14 heavy (non-hydrogen) atoms. The Morgan fingerprint density at radius 1 is 1.36 bits per heavy atom. The molecular formula is C13H19N. The third-order valence-electron chi connectivity index (χ3n) is 2.52. The van der Waals surface area contributed by atoms with E-state index in [0.717, 1.165) is 5.57 Å². The summed E-state index contributed by atoms with van der Waals surface area (Å²) in [5.41, 5.74) is 5.11. The summed E-state index contributed by atoms with van der Waals surface area (Å²) >= 11 is 0. The van der Waals surface area contributed by atoms with E-state index >= 15 is 0 Å². The molecule has 0 saturated heterocycles. The first-order valence-corrected chi connectivity index (χ1v) is 4.96. The van der Waals surface area contributed by atoms with Crippen LogP contribution in [0.4, 0.5) is 0 Å². The van der Waals surface area contributed by atoms with Gasteiger partial charge < -0.3 is 5.32 Å². The maximum atomic E-state index is 4.00. The van der Waals surface area contributed by atoms with Crippen LogP contribution >= 0.6 is 0 Å². The van der Waals surface area contributed by atoms with Crippen LogP contribution in [0.1, 0.15) is 29.7 Å². The van der Waals surface area contributed by atoms with E-state index in [4.69, 9.17) is 0 Å². The second kappa shape index (κ2) is 4.43. The lowest BCUT2D eigenvalue weighted by Crippen LogP contribution is -2.18. The number of hydrogen-bond acceptors (Lipinski definition) is 1. The van der Waals surface area contributed by atoms with Gasteiger partial charge in [-0.05, 0) is 38.9 Å². The van der Waals surface area contributed by atoms with Crippen molar-refractivity contribution in [1.29, 1.82) is 0 Å². The largest absolute Gasteiger partial charge is 0.310 e. The number of benzene rings is 1. The Kier molecular flexibility index (Phi) is 3.48. The van der Waals surface area contributed by atoms with Crippen molar-refractivity contribution in [3.05, 3.63) is 47.0 Å². The van der Waals surface area contributed by atoms with Crippen molar-refractivity contribution >= 4 is 0 Å². The van der Waals surface area contributed by atoms with Crippen LogP contribution in [0.5, 0.6) is 0 Å². The molecule has 0 heterocycles. The molecule has 0 fully saturated rings. The van der Waals surface area contributed by atoms with Gasteiger partial charge in [-0.2, -0.15) is 0 Å². The maximum absolute atomic E-state index is 4.00. The molecular weight excluding hydrogens is 170 g/mol. The summed E-state index contributed by atoms with van der Waals surface area (Å²) in [7, 11) is 1.97. The molecule has 0 spiro atoms. The van der Waals surface area contributed by atoms with Crippen molar-refractivity contribution < 1.29 is 0 Å². The molecule has 0 bridgehead atoms. The molecule has 0 radical (unpaired) electrons. The van der Waals surface area contributed by atoms with E-state index in [-0.39, 0.29) is 6.04 Å². The van der Waals surface area contributed by atoms with Crippen LogP contribution in [-0.2, 0) is 0 Å². The summed E-state index contributed by atoms with van der Waals surface area (Å²) in [5, 5.41) is 3.28. The minimum absolute atomic E-state index is 0.274. The van der Waals surface area contributed by atoms with Crippen molar-refractivity contribution in [3.8, 4) is 0 Å². The van der Waals surface area contributed by atoms with Crippen LogP contribution < -0.4 is 5.32 Å². The number of hydrogen-bond donors (Lipinski definition) is 1. The molecule has 76 valence electrons. The van der Waals surface area contributed by atoms with Gasteiger partial charge in [-0.3, -0.25) is 0 Å². The van der Waals surface area contributed by atoms with Gasteiger partial charge in [0.05, 0.1) is 6.04 Å². The minimum atomic E-state index is 0.274. The molecule has 1 unspecified atom stereocenters. The molecule has 1 nitrogen and oxygen atoms in total. The molecule has 1 rings (SSSR count). The Balaban J connectivity index is 3.10. The van der Waals surface area contributed by atoms with Crippen LogP contribution in [0.25, 0.3) is 0 Å². The summed E-state index contributed by atoms with van der Waals surface area (Å²) in [6, 6.07) is 6.81. The van der Waals surface area contributed by atoms with E-state index in [2.05, 4.69) is 50.9 Å². The number of nitrogens with one attached hydrogen (secondary N) is 1. The Labute approximate surface area is 86.8 Å². The zero-order valence-corrected chi connectivity index (χ0v) is 9.52. The Hall–Kier alpha value is -1.08. The van der Waals surface area contributed by atoms with E-state index in [9.17, 15) is 0 Å². The molecule has 1 heteroatoms. The van der Waals surface area contributed by atoms with Crippen molar-refractivity contribution in [1.82, 2.24) is 5.32 Å². The lowest BCUT2D eigenvalue weighted by Gasteiger charge is -2.19. The van der Waals surface area contributed by atoms with Crippen molar-refractivity contribution in [2.45, 2.75) is 26.8 Å². The molecule has 0 aliphatic carbocycles. The van der Waals surface area contributed by atoms with Crippen LogP contribution in [0.3, 0.4) is 0 Å². The molecule has 1 aromatic carbocycles. The van der Waals surface area contributed by atoms with E-state index in [0.29, 0.717) is 0 Å². The second-order valence-electron chi connectivity index (χ2n) is 3.93. The third kappa shape index (κ3) is 2.24. The fourth-order valence-corrected chi connectivity index (χ4v) is 1.82. The van der Waals surface area contributed by atoms with Gasteiger partial charge in [0.1, 0.15) is 0 Å². The van der Waals surface area contributed by atoms with Crippen molar-refractivity contribution in [2.75, 3.05) is 7.05 Å². The summed E-state index contributed by atoms with van der Waals surface area (Å²) in [6.45, 7) is 10.3. The van der Waals surface area contributed by atoms with Gasteiger partial charge in [0.25, 0.3) is 0 Å². The Bertz CT molecular complexity index is 339. The predicted molar refractivity (Wildman–Crippen MR) is 62.5 cm³/mol. The topological polar surface area (TPSA) is 12.0 Å². The lowest BCUT2D eigenvalue weighted by molar-refractivity contribution is 0.675. The molecule has 1 aromatic rings. The van der Waals surface area contributed by atoms with Gasteiger partial charge >= 0.3 is 0 Å². The van der Waals surface area contributed by atoms with Crippen LogP contribution in [-0.4, -0.2) is 7.05 Å². The molecule has 0 amide bonds. The van der Waals surface area contributed by atoms with Gasteiger partial charge in [-0.1, -0.05) is 35.9 Å². The molecule has 0 aromatic heterocycles. The molecule has 0 aliphatic heterocycles. The number of aryl methyl sites for hydroxylation is 2. The van der Waals surface area contributed by atoms with Gasteiger partial charge in [-0.25, -0.2) is 0 Å². The van der Waals surface area contributed by atoms with Crippen molar-refractivity contribution in [3.63, 3.8) is 0 Å². The van der Waals surface area contributed by atoms with Gasteiger partial charge in [0, 0.05) is 0 Å². The molecule has 0 saturated carbocycles. The summed E-state index contributed by atoms with van der Waals surface area (Å²) in [6.07, 6.45) is 0. The van der Waals surface area contributed by atoms with Crippen LogP contribution in [0.2, 0.25) is 0 Å². The zero-order valence-electron chi connectivity index (χ0n) is 9.52. The normalized spacial score (nSPS) is 12.6. The predicted octanol–water partition coefficient (Wildman–Crippen LogP) is 3.14. The lowest BCUT2D eigenvalue weighted by atomic mass is 9.95. The van der Waals surface area contributed by atoms with Crippen LogP contribution in [0.15, 0.2) is 30.4 Å². The standard InChI is InChI=1S/C13H19N/c1-9(2)13(14-5)12-7-6-10(3)8-11(12)4/h6-8,13-14H,1H2,2-5H3. The fourth-order valence-electron chi connectivity index (χ4n) is 1.82. The SMILES string of the molecule is C=C(C)C(NC)c1ccc(C)cc1C. The number of likely N-dealkylation sites (N-methyl/N-ethyl adjacent to an activating group) is 1. The van der Waals surface area contributed by atoms with Crippen molar-refractivity contribution in [2.24, 2.45) is 0 Å². The summed E-state index contributed by atoms with van der Waals surface area (Å²) in [4.78, 5) is 0. The van der Waals surface area contributed by atoms with E-state index in [1.54, 1.807) is 0 Å².